The summed E-state index contributed by atoms with van der Waals surface area (Å²) in [5, 5.41) is 17.5. The van der Waals surface area contributed by atoms with Gasteiger partial charge in [0.1, 0.15) is 17.3 Å². The molecule has 0 fully saturated rings. The topological polar surface area (TPSA) is 103 Å². The number of carbonyl (C=O) groups excluding carboxylic acids is 1. The van der Waals surface area contributed by atoms with Gasteiger partial charge in [-0.05, 0) is 24.3 Å². The maximum absolute atomic E-state index is 14.1. The monoisotopic (exact) mass is 423 g/mol. The molecule has 0 N–H and O–H groups in total. The van der Waals surface area contributed by atoms with Gasteiger partial charge in [0.2, 0.25) is 6.19 Å². The van der Waals surface area contributed by atoms with E-state index in [0.717, 1.165) is 30.5 Å². The van der Waals surface area contributed by atoms with Crippen molar-refractivity contribution in [2.45, 2.75) is 23.2 Å². The van der Waals surface area contributed by atoms with Gasteiger partial charge in [-0.1, -0.05) is 0 Å². The second kappa shape index (κ2) is 7.53. The maximum atomic E-state index is 14.1. The number of ketones is 1. The molecule has 2 atom stereocenters. The van der Waals surface area contributed by atoms with Crippen LogP contribution in [0.5, 0.6) is 11.5 Å². The minimum Gasteiger partial charge on any atom is -0.457 e. The molecule has 0 saturated carbocycles. The molecule has 3 rings (SSSR count). The Labute approximate surface area is 162 Å². The third-order valence-electron chi connectivity index (χ3n) is 4.11. The Morgan fingerprint density at radius 1 is 1.24 bits per heavy atom. The Bertz CT molecular complexity index is 1220. The molecule has 1 aliphatic rings. The van der Waals surface area contributed by atoms with Crippen LogP contribution in [-0.4, -0.2) is 21.9 Å². The second-order valence-corrected chi connectivity index (χ2v) is 7.98. The average molecular weight is 423 g/mol. The number of carbonyl (C=O) groups is 1. The molecule has 0 aliphatic heterocycles. The first-order valence-electron chi connectivity index (χ1n) is 7.86. The summed E-state index contributed by atoms with van der Waals surface area (Å²) in [5.41, 5.74) is -0.832. The predicted molar refractivity (Wildman–Crippen MR) is 91.0 cm³/mol. The first-order chi connectivity index (χ1) is 13.7. The highest BCUT2D eigenvalue weighted by Crippen LogP contribution is 2.40. The number of hydrogen-bond donors (Lipinski definition) is 0. The lowest BCUT2D eigenvalue weighted by Crippen LogP contribution is -2.17. The zero-order chi connectivity index (χ0) is 21.3. The van der Waals surface area contributed by atoms with E-state index in [1.54, 1.807) is 6.07 Å². The number of hydrogen-bond acceptors (Lipinski definition) is 6. The number of nitriles is 2. The van der Waals surface area contributed by atoms with E-state index in [4.69, 9.17) is 15.3 Å². The highest BCUT2D eigenvalue weighted by atomic mass is 32.2. The van der Waals surface area contributed by atoms with Crippen molar-refractivity contribution in [2.75, 3.05) is 0 Å². The number of rotatable bonds is 4. The summed E-state index contributed by atoms with van der Waals surface area (Å²) in [6.07, 6.45) is -1.61. The van der Waals surface area contributed by atoms with Crippen LogP contribution in [0.4, 0.5) is 17.6 Å². The van der Waals surface area contributed by atoms with Crippen LogP contribution >= 0.6 is 0 Å². The maximum Gasteiger partial charge on any atom is 0.324 e. The molecular formula is C18H9F4N3O3S. The first-order valence-corrected chi connectivity index (χ1v) is 9.44. The van der Waals surface area contributed by atoms with Gasteiger partial charge < -0.3 is 4.74 Å². The molecule has 0 spiro atoms. The Morgan fingerprint density at radius 2 is 1.97 bits per heavy atom. The molecule has 0 bridgehead atoms. The summed E-state index contributed by atoms with van der Waals surface area (Å²) in [7, 11) is -4.64. The fourth-order valence-electron chi connectivity index (χ4n) is 2.91. The fraction of sp³-hybridized carbons (Fsp3) is 0.167. The van der Waals surface area contributed by atoms with Gasteiger partial charge in [0.05, 0.1) is 16.5 Å². The highest BCUT2D eigenvalue weighted by molar-refractivity contribution is 7.94. The summed E-state index contributed by atoms with van der Waals surface area (Å²) in [6, 6.07) is 6.66. The molecule has 1 aliphatic carbocycles. The van der Waals surface area contributed by atoms with Crippen LogP contribution in [0.1, 0.15) is 21.5 Å². The summed E-state index contributed by atoms with van der Waals surface area (Å²) in [6.45, 7) is 0. The van der Waals surface area contributed by atoms with Crippen molar-refractivity contribution in [2.24, 2.45) is 4.36 Å². The lowest BCUT2D eigenvalue weighted by Gasteiger charge is -2.15. The standard InChI is InChI=1S/C18H9F4N3O3S/c19-10-3-9(7-23)4-11(5-10)28-14-1-2-15(29(27,18(21)22)25-8-24)16-12(14)6-13(20)17(16)26/h1-5,13,18H,6H2/t13-,29?/m1/s1. The van der Waals surface area contributed by atoms with E-state index < -0.39 is 50.1 Å². The number of alkyl halides is 3. The average Bonchev–Trinajstić information content (AvgIpc) is 2.97. The third-order valence-corrected chi connectivity index (χ3v) is 5.91. The normalized spacial score (nSPS) is 17.2. The van der Waals surface area contributed by atoms with E-state index in [1.165, 1.54) is 6.07 Å². The van der Waals surface area contributed by atoms with Crippen molar-refractivity contribution in [3.8, 4) is 23.8 Å². The Balaban J connectivity index is 2.20. The second-order valence-electron chi connectivity index (χ2n) is 5.86. The summed E-state index contributed by atoms with van der Waals surface area (Å²) in [4.78, 5) is 11.5. The van der Waals surface area contributed by atoms with E-state index in [2.05, 4.69) is 4.36 Å². The van der Waals surface area contributed by atoms with Crippen LogP contribution in [0.2, 0.25) is 0 Å². The SMILES string of the molecule is N#CN=S(=O)(c1ccc(Oc2cc(F)cc(C#N)c2)c2c1C(=O)[C@H](F)C2)C(F)F. The molecule has 0 aromatic heterocycles. The van der Waals surface area contributed by atoms with Gasteiger partial charge in [-0.15, -0.1) is 4.36 Å². The van der Waals surface area contributed by atoms with E-state index in [-0.39, 0.29) is 22.6 Å². The molecule has 0 amide bonds. The number of ether oxygens (including phenoxy) is 1. The van der Waals surface area contributed by atoms with Crippen LogP contribution in [0, 0.1) is 28.6 Å². The summed E-state index contributed by atoms with van der Waals surface area (Å²) >= 11 is 0. The molecule has 2 aromatic rings. The van der Waals surface area contributed by atoms with E-state index in [9.17, 15) is 26.6 Å². The lowest BCUT2D eigenvalue weighted by molar-refractivity contribution is 0.0896. The first kappa shape index (κ1) is 20.3. The lowest BCUT2D eigenvalue weighted by atomic mass is 10.1. The zero-order valence-electron chi connectivity index (χ0n) is 14.2. The Kier molecular flexibility index (Phi) is 5.27. The minimum atomic E-state index is -4.64. The molecule has 6 nitrogen and oxygen atoms in total. The molecule has 0 saturated heterocycles. The number of benzene rings is 2. The molecule has 0 heterocycles. The van der Waals surface area contributed by atoms with E-state index >= 15 is 0 Å². The molecule has 11 heteroatoms. The van der Waals surface area contributed by atoms with E-state index in [1.807, 2.05) is 0 Å². The van der Waals surface area contributed by atoms with Gasteiger partial charge in [0.25, 0.3) is 0 Å². The van der Waals surface area contributed by atoms with Crippen molar-refractivity contribution in [1.82, 2.24) is 0 Å². The molecule has 0 radical (unpaired) electrons. The van der Waals surface area contributed by atoms with Crippen molar-refractivity contribution >= 4 is 15.5 Å². The van der Waals surface area contributed by atoms with Crippen molar-refractivity contribution in [1.29, 1.82) is 10.5 Å². The van der Waals surface area contributed by atoms with Crippen molar-refractivity contribution in [3.63, 3.8) is 0 Å². The predicted octanol–water partition coefficient (Wildman–Crippen LogP) is 4.10. The van der Waals surface area contributed by atoms with Gasteiger partial charge in [-0.3, -0.25) is 4.79 Å². The van der Waals surface area contributed by atoms with Gasteiger partial charge >= 0.3 is 5.76 Å². The fourth-order valence-corrected chi connectivity index (χ4v) is 4.18. The summed E-state index contributed by atoms with van der Waals surface area (Å²) in [5.74, 6) is -5.91. The smallest absolute Gasteiger partial charge is 0.324 e. The number of fused-ring (bicyclic) bond motifs is 1. The quantitative estimate of drug-likeness (QED) is 0.544. The highest BCUT2D eigenvalue weighted by Gasteiger charge is 2.40. The molecule has 148 valence electrons. The van der Waals surface area contributed by atoms with Gasteiger partial charge in [-0.2, -0.15) is 19.3 Å². The Morgan fingerprint density at radius 3 is 2.59 bits per heavy atom. The number of nitrogens with zero attached hydrogens (tertiary/aromatic N) is 3. The van der Waals surface area contributed by atoms with E-state index in [0.29, 0.717) is 0 Å². The minimum absolute atomic E-state index is 0.0683. The van der Waals surface area contributed by atoms with Crippen LogP contribution < -0.4 is 4.74 Å². The third kappa shape index (κ3) is 3.52. The molecule has 2 aromatic carbocycles. The van der Waals surface area contributed by atoms with Gasteiger partial charge in [0.15, 0.2) is 21.7 Å². The van der Waals surface area contributed by atoms with Crippen LogP contribution in [0.3, 0.4) is 0 Å². The summed E-state index contributed by atoms with van der Waals surface area (Å²) < 4.78 is 75.3. The Hall–Kier alpha value is -3.44. The largest absolute Gasteiger partial charge is 0.457 e. The van der Waals surface area contributed by atoms with Crippen LogP contribution in [0.25, 0.3) is 0 Å². The van der Waals surface area contributed by atoms with Gasteiger partial charge in [0, 0.05) is 23.6 Å². The van der Waals surface area contributed by atoms with Gasteiger partial charge in [-0.25, -0.2) is 13.0 Å². The molecular weight excluding hydrogens is 414 g/mol. The van der Waals surface area contributed by atoms with Crippen molar-refractivity contribution < 1.29 is 31.3 Å². The van der Waals surface area contributed by atoms with Crippen molar-refractivity contribution in [3.05, 3.63) is 52.8 Å². The zero-order valence-corrected chi connectivity index (χ0v) is 15.1. The van der Waals surface area contributed by atoms with Crippen LogP contribution in [-0.2, 0) is 16.1 Å². The van der Waals surface area contributed by atoms with Crippen LogP contribution in [0.15, 0.2) is 39.6 Å². The number of halogens is 4. The molecule has 29 heavy (non-hydrogen) atoms. The number of Topliss-reactive ketones (excluding diaryl/α,β-unsaturated/α-hetero) is 1. The molecule has 1 unspecified atom stereocenters.